The fourth-order valence-corrected chi connectivity index (χ4v) is 3.37. The number of nitrogens with one attached hydrogen (secondary N) is 2. The lowest BCUT2D eigenvalue weighted by atomic mass is 9.97. The molecule has 108 valence electrons. The number of carbonyl (C=O) groups excluding carboxylic acids is 1. The Kier molecular flexibility index (Phi) is 4.21. The van der Waals surface area contributed by atoms with Gasteiger partial charge >= 0.3 is 0 Å². The van der Waals surface area contributed by atoms with E-state index in [1.807, 2.05) is 30.3 Å². The molecule has 1 aromatic rings. The lowest BCUT2D eigenvalue weighted by Gasteiger charge is -2.35. The number of hydrogen-bond acceptors (Lipinski definition) is 3. The van der Waals surface area contributed by atoms with Crippen LogP contribution < -0.4 is 10.6 Å². The van der Waals surface area contributed by atoms with Crippen molar-refractivity contribution < 1.29 is 4.79 Å². The largest absolute Gasteiger partial charge is 0.376 e. The van der Waals surface area contributed by atoms with E-state index < -0.39 is 0 Å². The summed E-state index contributed by atoms with van der Waals surface area (Å²) in [6.07, 6.45) is 4.83. The van der Waals surface area contributed by atoms with Crippen LogP contribution in [0, 0.1) is 0 Å². The minimum atomic E-state index is 0.102. The smallest absolute Gasteiger partial charge is 0.239 e. The molecule has 4 heteroatoms. The first-order valence-electron chi connectivity index (χ1n) is 7.63. The van der Waals surface area contributed by atoms with Crippen molar-refractivity contribution in [2.45, 2.75) is 37.8 Å². The molecule has 2 N–H and O–H groups in total. The summed E-state index contributed by atoms with van der Waals surface area (Å²) in [5, 5.41) is 6.33. The van der Waals surface area contributed by atoms with Gasteiger partial charge in [-0.1, -0.05) is 18.2 Å². The van der Waals surface area contributed by atoms with Crippen LogP contribution in [0.25, 0.3) is 0 Å². The molecule has 1 amide bonds. The van der Waals surface area contributed by atoms with E-state index in [0.717, 1.165) is 25.1 Å². The second-order valence-electron chi connectivity index (χ2n) is 5.84. The predicted octanol–water partition coefficient (Wildman–Crippen LogP) is 1.84. The van der Waals surface area contributed by atoms with Crippen molar-refractivity contribution in [2.24, 2.45) is 0 Å². The molecule has 2 atom stereocenters. The standard InChI is InChI=1S/C16H23N3O/c20-16(12-17-13-5-2-1-3-6-13)18-14-8-10-19-9-4-7-15(19)11-14/h1-3,5-6,14-15,17H,4,7-12H2,(H,18,20). The van der Waals surface area contributed by atoms with Crippen molar-refractivity contribution in [2.75, 3.05) is 25.0 Å². The van der Waals surface area contributed by atoms with E-state index in [1.54, 1.807) is 0 Å². The zero-order valence-corrected chi connectivity index (χ0v) is 11.8. The Morgan fingerprint density at radius 3 is 2.90 bits per heavy atom. The van der Waals surface area contributed by atoms with Gasteiger partial charge in [0.25, 0.3) is 0 Å². The van der Waals surface area contributed by atoms with Gasteiger partial charge in [0.15, 0.2) is 0 Å². The van der Waals surface area contributed by atoms with E-state index in [9.17, 15) is 4.79 Å². The van der Waals surface area contributed by atoms with Gasteiger partial charge in [-0.15, -0.1) is 0 Å². The zero-order valence-electron chi connectivity index (χ0n) is 11.8. The van der Waals surface area contributed by atoms with Gasteiger partial charge < -0.3 is 15.5 Å². The van der Waals surface area contributed by atoms with Crippen LogP contribution in [-0.4, -0.2) is 42.5 Å². The first-order chi connectivity index (χ1) is 9.81. The minimum Gasteiger partial charge on any atom is -0.376 e. The lowest BCUT2D eigenvalue weighted by molar-refractivity contribution is -0.120. The van der Waals surface area contributed by atoms with Crippen LogP contribution in [0.2, 0.25) is 0 Å². The highest BCUT2D eigenvalue weighted by atomic mass is 16.2. The number of carbonyl (C=O) groups is 1. The fourth-order valence-electron chi connectivity index (χ4n) is 3.37. The summed E-state index contributed by atoms with van der Waals surface area (Å²) in [7, 11) is 0. The average molecular weight is 273 g/mol. The molecule has 0 spiro atoms. The van der Waals surface area contributed by atoms with Gasteiger partial charge in [-0.05, 0) is 44.4 Å². The van der Waals surface area contributed by atoms with Gasteiger partial charge in [0.2, 0.25) is 5.91 Å². The highest BCUT2D eigenvalue weighted by Gasteiger charge is 2.31. The number of nitrogens with zero attached hydrogens (tertiary/aromatic N) is 1. The summed E-state index contributed by atoms with van der Waals surface area (Å²) >= 11 is 0. The highest BCUT2D eigenvalue weighted by molar-refractivity contribution is 5.80. The topological polar surface area (TPSA) is 44.4 Å². The van der Waals surface area contributed by atoms with Gasteiger partial charge in [-0.2, -0.15) is 0 Å². The summed E-state index contributed by atoms with van der Waals surface area (Å²) in [6.45, 7) is 2.75. The summed E-state index contributed by atoms with van der Waals surface area (Å²) in [5.74, 6) is 0.102. The van der Waals surface area contributed by atoms with Crippen LogP contribution in [0.5, 0.6) is 0 Å². The van der Waals surface area contributed by atoms with E-state index in [4.69, 9.17) is 0 Å². The maximum Gasteiger partial charge on any atom is 0.239 e. The van der Waals surface area contributed by atoms with Crippen molar-refractivity contribution in [3.8, 4) is 0 Å². The van der Waals surface area contributed by atoms with Crippen LogP contribution in [0.4, 0.5) is 5.69 Å². The number of piperidine rings is 1. The Hall–Kier alpha value is -1.55. The second kappa shape index (κ2) is 6.27. The van der Waals surface area contributed by atoms with Crippen molar-refractivity contribution in [1.82, 2.24) is 10.2 Å². The molecular formula is C16H23N3O. The van der Waals surface area contributed by atoms with E-state index >= 15 is 0 Å². The third-order valence-electron chi connectivity index (χ3n) is 4.41. The minimum absolute atomic E-state index is 0.102. The van der Waals surface area contributed by atoms with Gasteiger partial charge in [-0.3, -0.25) is 4.79 Å². The Morgan fingerprint density at radius 1 is 1.20 bits per heavy atom. The average Bonchev–Trinajstić information content (AvgIpc) is 2.94. The molecule has 0 aromatic heterocycles. The van der Waals surface area contributed by atoms with Crippen molar-refractivity contribution in [1.29, 1.82) is 0 Å². The van der Waals surface area contributed by atoms with Crippen molar-refractivity contribution in [3.05, 3.63) is 30.3 Å². The van der Waals surface area contributed by atoms with Crippen molar-refractivity contribution >= 4 is 11.6 Å². The summed E-state index contributed by atoms with van der Waals surface area (Å²) in [4.78, 5) is 14.6. The first kappa shape index (κ1) is 13.4. The van der Waals surface area contributed by atoms with Gasteiger partial charge in [0.1, 0.15) is 0 Å². The Labute approximate surface area is 120 Å². The quantitative estimate of drug-likeness (QED) is 0.880. The number of rotatable bonds is 4. The van der Waals surface area contributed by atoms with Crippen LogP contribution in [0.1, 0.15) is 25.7 Å². The number of fused-ring (bicyclic) bond motifs is 1. The molecule has 3 rings (SSSR count). The molecule has 20 heavy (non-hydrogen) atoms. The van der Waals surface area contributed by atoms with Gasteiger partial charge in [0, 0.05) is 24.3 Å². The Bertz CT molecular complexity index is 448. The summed E-state index contributed by atoms with van der Waals surface area (Å²) in [6, 6.07) is 10.9. The molecule has 2 unspecified atom stereocenters. The SMILES string of the molecule is O=C(CNc1ccccc1)NC1CCN2CCCC2C1. The number of amides is 1. The summed E-state index contributed by atoms with van der Waals surface area (Å²) in [5.41, 5.74) is 0.994. The van der Waals surface area contributed by atoms with Crippen LogP contribution >= 0.6 is 0 Å². The molecular weight excluding hydrogens is 250 g/mol. The van der Waals surface area contributed by atoms with Crippen LogP contribution in [0.3, 0.4) is 0 Å². The fraction of sp³-hybridized carbons (Fsp3) is 0.562. The molecule has 0 aliphatic carbocycles. The predicted molar refractivity (Wildman–Crippen MR) is 80.7 cm³/mol. The van der Waals surface area contributed by atoms with Crippen LogP contribution in [0.15, 0.2) is 30.3 Å². The highest BCUT2D eigenvalue weighted by Crippen LogP contribution is 2.26. The van der Waals surface area contributed by atoms with Gasteiger partial charge in [0.05, 0.1) is 6.54 Å². The Morgan fingerprint density at radius 2 is 2.05 bits per heavy atom. The molecule has 2 fully saturated rings. The van der Waals surface area contributed by atoms with E-state index in [2.05, 4.69) is 15.5 Å². The molecule has 0 saturated carbocycles. The summed E-state index contributed by atoms with van der Waals surface area (Å²) < 4.78 is 0. The Balaban J connectivity index is 1.42. The van der Waals surface area contributed by atoms with Crippen LogP contribution in [-0.2, 0) is 4.79 Å². The normalized spacial score (nSPS) is 26.0. The van der Waals surface area contributed by atoms with Gasteiger partial charge in [-0.25, -0.2) is 0 Å². The number of hydrogen-bond donors (Lipinski definition) is 2. The second-order valence-corrected chi connectivity index (χ2v) is 5.84. The zero-order chi connectivity index (χ0) is 13.8. The first-order valence-corrected chi connectivity index (χ1v) is 7.63. The van der Waals surface area contributed by atoms with E-state index in [1.165, 1.54) is 19.4 Å². The lowest BCUT2D eigenvalue weighted by Crippen LogP contribution is -2.48. The number of para-hydroxylation sites is 1. The molecule has 2 aliphatic heterocycles. The number of benzene rings is 1. The number of anilines is 1. The third kappa shape index (κ3) is 3.31. The molecule has 0 bridgehead atoms. The molecule has 2 aliphatic rings. The molecule has 2 heterocycles. The maximum absolute atomic E-state index is 12.0. The van der Waals surface area contributed by atoms with E-state index in [0.29, 0.717) is 18.6 Å². The maximum atomic E-state index is 12.0. The molecule has 2 saturated heterocycles. The molecule has 1 aromatic carbocycles. The molecule has 4 nitrogen and oxygen atoms in total. The monoisotopic (exact) mass is 273 g/mol. The molecule has 0 radical (unpaired) electrons. The van der Waals surface area contributed by atoms with Crippen molar-refractivity contribution in [3.63, 3.8) is 0 Å². The third-order valence-corrected chi connectivity index (χ3v) is 4.41. The van der Waals surface area contributed by atoms with E-state index in [-0.39, 0.29) is 5.91 Å².